The van der Waals surface area contributed by atoms with E-state index in [-0.39, 0.29) is 5.60 Å². The first-order valence-corrected chi connectivity index (χ1v) is 3.51. The molecule has 52 valence electrons. The van der Waals surface area contributed by atoms with E-state index in [9.17, 15) is 0 Å². The predicted octanol–water partition coefficient (Wildman–Crippen LogP) is 1.93. The molecule has 10 heavy (non-hydrogen) atoms. The van der Waals surface area contributed by atoms with Gasteiger partial charge >= 0.3 is 0 Å². The van der Waals surface area contributed by atoms with Crippen molar-refractivity contribution in [2.45, 2.75) is 12.5 Å². The summed E-state index contributed by atoms with van der Waals surface area (Å²) in [6, 6.07) is 10.3. The molecule has 1 aliphatic rings. The van der Waals surface area contributed by atoms with E-state index in [0.717, 1.165) is 6.61 Å². The molecule has 1 heterocycles. The van der Waals surface area contributed by atoms with Crippen LogP contribution in [0.5, 0.6) is 0 Å². The maximum absolute atomic E-state index is 5.28. The van der Waals surface area contributed by atoms with Crippen LogP contribution in [0.4, 0.5) is 0 Å². The fourth-order valence-electron chi connectivity index (χ4n) is 1.07. The summed E-state index contributed by atoms with van der Waals surface area (Å²) in [5, 5.41) is 0. The van der Waals surface area contributed by atoms with E-state index >= 15 is 0 Å². The van der Waals surface area contributed by atoms with Crippen molar-refractivity contribution >= 4 is 0 Å². The van der Waals surface area contributed by atoms with E-state index in [1.807, 2.05) is 18.2 Å². The van der Waals surface area contributed by atoms with Crippen molar-refractivity contribution in [3.8, 4) is 0 Å². The molecule has 0 radical (unpaired) electrons. The molecule has 1 fully saturated rings. The van der Waals surface area contributed by atoms with E-state index in [4.69, 9.17) is 4.74 Å². The minimum absolute atomic E-state index is 0.0429. The molecule has 1 aliphatic heterocycles. The van der Waals surface area contributed by atoms with Gasteiger partial charge in [-0.05, 0) is 12.5 Å². The molecule has 1 aromatic rings. The maximum Gasteiger partial charge on any atom is 0.114 e. The molecule has 0 spiro atoms. The second kappa shape index (κ2) is 1.83. The highest BCUT2D eigenvalue weighted by Gasteiger charge is 2.40. The summed E-state index contributed by atoms with van der Waals surface area (Å²) in [5.41, 5.74) is 1.33. The van der Waals surface area contributed by atoms with Crippen LogP contribution in [0.25, 0.3) is 0 Å². The smallest absolute Gasteiger partial charge is 0.114 e. The Hall–Kier alpha value is -0.820. The van der Waals surface area contributed by atoms with Crippen LogP contribution in [-0.4, -0.2) is 6.61 Å². The minimum Gasteiger partial charge on any atom is -0.365 e. The SMILES string of the molecule is C[C@@]1(c2ccccc2)CO1. The van der Waals surface area contributed by atoms with Crippen LogP contribution < -0.4 is 0 Å². The van der Waals surface area contributed by atoms with Gasteiger partial charge in [-0.2, -0.15) is 0 Å². The van der Waals surface area contributed by atoms with Crippen LogP contribution in [0.1, 0.15) is 12.5 Å². The Kier molecular flexibility index (Phi) is 1.08. The Morgan fingerprint density at radius 3 is 2.40 bits per heavy atom. The quantitative estimate of drug-likeness (QED) is 0.535. The average Bonchev–Trinajstić information content (AvgIpc) is 2.72. The summed E-state index contributed by atoms with van der Waals surface area (Å²) < 4.78 is 5.28. The lowest BCUT2D eigenvalue weighted by Gasteiger charge is -2.02. The summed E-state index contributed by atoms with van der Waals surface area (Å²) in [6.07, 6.45) is 0. The van der Waals surface area contributed by atoms with Crippen molar-refractivity contribution in [1.82, 2.24) is 0 Å². The lowest BCUT2D eigenvalue weighted by molar-refractivity contribution is 0.329. The average molecular weight is 134 g/mol. The van der Waals surface area contributed by atoms with Gasteiger partial charge in [0.05, 0.1) is 6.61 Å². The first-order chi connectivity index (χ1) is 4.81. The van der Waals surface area contributed by atoms with Crippen LogP contribution in [0.3, 0.4) is 0 Å². The first-order valence-electron chi connectivity index (χ1n) is 3.51. The molecule has 1 nitrogen and oxygen atoms in total. The van der Waals surface area contributed by atoms with E-state index in [0.29, 0.717) is 0 Å². The number of hydrogen-bond donors (Lipinski definition) is 0. The van der Waals surface area contributed by atoms with Gasteiger partial charge in [0.1, 0.15) is 5.60 Å². The number of epoxide rings is 1. The number of benzene rings is 1. The predicted molar refractivity (Wildman–Crippen MR) is 39.7 cm³/mol. The summed E-state index contributed by atoms with van der Waals surface area (Å²) in [7, 11) is 0. The fraction of sp³-hybridized carbons (Fsp3) is 0.333. The molecule has 2 rings (SSSR count). The van der Waals surface area contributed by atoms with E-state index in [2.05, 4.69) is 19.1 Å². The van der Waals surface area contributed by atoms with Gasteiger partial charge in [0.15, 0.2) is 0 Å². The third kappa shape index (κ3) is 0.830. The van der Waals surface area contributed by atoms with Gasteiger partial charge < -0.3 is 4.74 Å². The molecule has 0 aromatic heterocycles. The number of ether oxygens (including phenoxy) is 1. The molecular formula is C9H10O. The Balaban J connectivity index is 2.35. The minimum atomic E-state index is 0.0429. The zero-order valence-electron chi connectivity index (χ0n) is 6.00. The van der Waals surface area contributed by atoms with Crippen LogP contribution in [0, 0.1) is 0 Å². The summed E-state index contributed by atoms with van der Waals surface area (Å²) in [4.78, 5) is 0. The third-order valence-corrected chi connectivity index (χ3v) is 1.96. The van der Waals surface area contributed by atoms with Gasteiger partial charge in [-0.3, -0.25) is 0 Å². The van der Waals surface area contributed by atoms with Crippen molar-refractivity contribution in [2.24, 2.45) is 0 Å². The highest BCUT2D eigenvalue weighted by Crippen LogP contribution is 2.37. The largest absolute Gasteiger partial charge is 0.365 e. The highest BCUT2D eigenvalue weighted by atomic mass is 16.6. The van der Waals surface area contributed by atoms with Gasteiger partial charge in [-0.25, -0.2) is 0 Å². The topological polar surface area (TPSA) is 12.5 Å². The Morgan fingerprint density at radius 1 is 1.30 bits per heavy atom. The van der Waals surface area contributed by atoms with Crippen LogP contribution in [0.2, 0.25) is 0 Å². The normalized spacial score (nSPS) is 30.1. The van der Waals surface area contributed by atoms with Gasteiger partial charge in [-0.1, -0.05) is 30.3 Å². The molecule has 0 unspecified atom stereocenters. The molecule has 1 saturated heterocycles. The molecule has 0 N–H and O–H groups in total. The molecule has 1 heteroatoms. The zero-order valence-corrected chi connectivity index (χ0v) is 6.00. The van der Waals surface area contributed by atoms with Crippen LogP contribution in [0.15, 0.2) is 30.3 Å². The number of rotatable bonds is 1. The molecule has 0 saturated carbocycles. The Morgan fingerprint density at radius 2 is 1.90 bits per heavy atom. The van der Waals surface area contributed by atoms with E-state index in [1.54, 1.807) is 0 Å². The van der Waals surface area contributed by atoms with Crippen LogP contribution in [-0.2, 0) is 10.3 Å². The fourth-order valence-corrected chi connectivity index (χ4v) is 1.07. The van der Waals surface area contributed by atoms with Gasteiger partial charge in [-0.15, -0.1) is 0 Å². The second-order valence-electron chi connectivity index (χ2n) is 2.89. The zero-order chi connectivity index (χ0) is 7.03. The van der Waals surface area contributed by atoms with Gasteiger partial charge in [0.25, 0.3) is 0 Å². The Bertz CT molecular complexity index is 224. The van der Waals surface area contributed by atoms with Crippen molar-refractivity contribution in [3.63, 3.8) is 0 Å². The van der Waals surface area contributed by atoms with Crippen molar-refractivity contribution in [1.29, 1.82) is 0 Å². The van der Waals surface area contributed by atoms with E-state index in [1.165, 1.54) is 5.56 Å². The molecule has 0 bridgehead atoms. The highest BCUT2D eigenvalue weighted by molar-refractivity contribution is 5.25. The monoisotopic (exact) mass is 134 g/mol. The standard InChI is InChI=1S/C9H10O/c1-9(7-10-9)8-5-3-2-4-6-8/h2-6H,7H2,1H3/t9-/m0/s1. The van der Waals surface area contributed by atoms with Crippen molar-refractivity contribution in [2.75, 3.05) is 6.61 Å². The molecule has 1 atom stereocenters. The summed E-state index contributed by atoms with van der Waals surface area (Å²) in [5.74, 6) is 0. The van der Waals surface area contributed by atoms with Crippen molar-refractivity contribution in [3.05, 3.63) is 35.9 Å². The Labute approximate surface area is 60.6 Å². The molecule has 0 amide bonds. The van der Waals surface area contributed by atoms with E-state index < -0.39 is 0 Å². The molecular weight excluding hydrogens is 124 g/mol. The van der Waals surface area contributed by atoms with Crippen LogP contribution >= 0.6 is 0 Å². The summed E-state index contributed by atoms with van der Waals surface area (Å²) >= 11 is 0. The van der Waals surface area contributed by atoms with Gasteiger partial charge in [0.2, 0.25) is 0 Å². The third-order valence-electron chi connectivity index (χ3n) is 1.96. The lowest BCUT2D eigenvalue weighted by atomic mass is 10.0. The molecule has 0 aliphatic carbocycles. The van der Waals surface area contributed by atoms with Gasteiger partial charge in [0, 0.05) is 0 Å². The number of hydrogen-bond acceptors (Lipinski definition) is 1. The second-order valence-corrected chi connectivity index (χ2v) is 2.89. The van der Waals surface area contributed by atoms with Crippen molar-refractivity contribution < 1.29 is 4.74 Å². The maximum atomic E-state index is 5.28. The summed E-state index contributed by atoms with van der Waals surface area (Å²) in [6.45, 7) is 2.99. The molecule has 1 aromatic carbocycles. The lowest BCUT2D eigenvalue weighted by Crippen LogP contribution is -2.00. The first kappa shape index (κ1) is 5.93.